The van der Waals surface area contributed by atoms with Crippen molar-refractivity contribution in [1.29, 1.82) is 0 Å². The summed E-state index contributed by atoms with van der Waals surface area (Å²) < 4.78 is 0. The van der Waals surface area contributed by atoms with E-state index in [9.17, 15) is 4.79 Å². The molecule has 1 aliphatic heterocycles. The molecule has 0 fully saturated rings. The minimum atomic E-state index is 0.0402. The highest BCUT2D eigenvalue weighted by Gasteiger charge is 2.18. The van der Waals surface area contributed by atoms with Crippen molar-refractivity contribution in [3.05, 3.63) is 29.3 Å². The Hall–Kier alpha value is -1.88. The Balaban J connectivity index is 2.09. The average Bonchev–Trinajstić information content (AvgIpc) is 2.81. The van der Waals surface area contributed by atoms with Crippen LogP contribution in [0, 0.1) is 0 Å². The molecule has 2 heterocycles. The van der Waals surface area contributed by atoms with Gasteiger partial charge in [0.1, 0.15) is 10.7 Å². The second kappa shape index (κ2) is 3.31. The summed E-state index contributed by atoms with van der Waals surface area (Å²) in [7, 11) is 0. The van der Waals surface area contributed by atoms with Gasteiger partial charge in [-0.15, -0.1) is 11.3 Å². The predicted molar refractivity (Wildman–Crippen MR) is 64.3 cm³/mol. The molecule has 3 rings (SSSR count). The molecule has 80 valence electrons. The lowest BCUT2D eigenvalue weighted by atomic mass is 10.1. The minimum Gasteiger partial charge on any atom is -0.389 e. The van der Waals surface area contributed by atoms with Crippen LogP contribution in [0.3, 0.4) is 0 Å². The summed E-state index contributed by atoms with van der Waals surface area (Å²) in [5, 5.41) is 3.50. The van der Waals surface area contributed by atoms with Crippen LogP contribution in [-0.2, 0) is 11.2 Å². The maximum atomic E-state index is 11.2. The second-order valence-corrected chi connectivity index (χ2v) is 4.55. The van der Waals surface area contributed by atoms with E-state index in [1.807, 2.05) is 18.2 Å². The lowest BCUT2D eigenvalue weighted by Crippen LogP contribution is -2.03. The predicted octanol–water partition coefficient (Wildman–Crippen LogP) is 1.89. The highest BCUT2D eigenvalue weighted by molar-refractivity contribution is 7.14. The molecule has 0 aliphatic carbocycles. The van der Waals surface area contributed by atoms with Gasteiger partial charge in [0.05, 0.1) is 11.9 Å². The van der Waals surface area contributed by atoms with E-state index in [0.717, 1.165) is 22.5 Å². The van der Waals surface area contributed by atoms with Gasteiger partial charge in [0, 0.05) is 11.3 Å². The number of hydrogen-bond acceptors (Lipinski definition) is 4. The molecule has 0 atom stereocenters. The summed E-state index contributed by atoms with van der Waals surface area (Å²) in [5.41, 5.74) is 11.2. The molecule has 1 aliphatic rings. The number of nitrogen functional groups attached to an aromatic ring is 1. The van der Waals surface area contributed by atoms with Gasteiger partial charge in [-0.2, -0.15) is 0 Å². The van der Waals surface area contributed by atoms with Crippen molar-refractivity contribution in [1.82, 2.24) is 4.98 Å². The first-order valence-electron chi connectivity index (χ1n) is 4.86. The van der Waals surface area contributed by atoms with Gasteiger partial charge < -0.3 is 11.1 Å². The average molecular weight is 231 g/mol. The Morgan fingerprint density at radius 3 is 3.06 bits per heavy atom. The Morgan fingerprint density at radius 2 is 2.31 bits per heavy atom. The van der Waals surface area contributed by atoms with Crippen molar-refractivity contribution in [3.8, 4) is 11.3 Å². The van der Waals surface area contributed by atoms with E-state index in [1.165, 1.54) is 11.3 Å². The number of hydrogen-bond donors (Lipinski definition) is 2. The third-order valence-corrected chi connectivity index (χ3v) is 3.26. The van der Waals surface area contributed by atoms with Gasteiger partial charge in [-0.3, -0.25) is 4.79 Å². The largest absolute Gasteiger partial charge is 0.389 e. The van der Waals surface area contributed by atoms with Crippen molar-refractivity contribution in [2.45, 2.75) is 6.42 Å². The van der Waals surface area contributed by atoms with Crippen molar-refractivity contribution in [2.75, 3.05) is 11.1 Å². The summed E-state index contributed by atoms with van der Waals surface area (Å²) in [4.78, 5) is 15.4. The minimum absolute atomic E-state index is 0.0402. The van der Waals surface area contributed by atoms with Gasteiger partial charge >= 0.3 is 0 Å². The van der Waals surface area contributed by atoms with Gasteiger partial charge in [0.15, 0.2) is 0 Å². The summed E-state index contributed by atoms with van der Waals surface area (Å²) in [6.07, 6.45) is 0.438. The molecular weight excluding hydrogens is 222 g/mol. The molecule has 5 heteroatoms. The zero-order valence-corrected chi connectivity index (χ0v) is 9.17. The van der Waals surface area contributed by atoms with Gasteiger partial charge in [-0.1, -0.05) is 6.07 Å². The van der Waals surface area contributed by atoms with Crippen LogP contribution in [-0.4, -0.2) is 10.9 Å². The van der Waals surface area contributed by atoms with Crippen molar-refractivity contribution in [3.63, 3.8) is 0 Å². The number of rotatable bonds is 1. The van der Waals surface area contributed by atoms with Crippen LogP contribution in [0.5, 0.6) is 0 Å². The first-order chi connectivity index (χ1) is 7.74. The number of thiazole rings is 1. The molecule has 1 amide bonds. The van der Waals surface area contributed by atoms with Crippen molar-refractivity contribution in [2.24, 2.45) is 0 Å². The second-order valence-electron chi connectivity index (χ2n) is 3.66. The molecule has 0 unspecified atom stereocenters. The van der Waals surface area contributed by atoms with Crippen LogP contribution in [0.2, 0.25) is 0 Å². The molecule has 3 N–H and O–H groups in total. The third kappa shape index (κ3) is 1.37. The van der Waals surface area contributed by atoms with Crippen LogP contribution in [0.15, 0.2) is 23.7 Å². The monoisotopic (exact) mass is 231 g/mol. The highest BCUT2D eigenvalue weighted by atomic mass is 32.1. The normalized spacial score (nSPS) is 13.6. The van der Waals surface area contributed by atoms with Crippen LogP contribution >= 0.6 is 11.3 Å². The quantitative estimate of drug-likeness (QED) is 0.787. The number of carbonyl (C=O) groups excluding carboxylic acids is 1. The van der Waals surface area contributed by atoms with Gasteiger partial charge in [-0.25, -0.2) is 4.98 Å². The number of nitrogens with zero attached hydrogens (tertiary/aromatic N) is 1. The van der Waals surface area contributed by atoms with Gasteiger partial charge in [-0.05, 0) is 17.7 Å². The van der Waals surface area contributed by atoms with E-state index < -0.39 is 0 Å². The van der Waals surface area contributed by atoms with Gasteiger partial charge in [0.25, 0.3) is 0 Å². The molecule has 0 spiro atoms. The topological polar surface area (TPSA) is 68.0 Å². The molecule has 0 saturated heterocycles. The number of fused-ring (bicyclic) bond motifs is 1. The molecular formula is C11H9N3OS. The summed E-state index contributed by atoms with van der Waals surface area (Å²) in [6.45, 7) is 0. The molecule has 4 nitrogen and oxygen atoms in total. The third-order valence-electron chi connectivity index (χ3n) is 2.60. The molecule has 0 saturated carbocycles. The first kappa shape index (κ1) is 9.35. The van der Waals surface area contributed by atoms with E-state index >= 15 is 0 Å². The SMILES string of the molecule is Nc1scnc1-c1ccc2c(c1)CC(=O)N2. The number of carbonyl (C=O) groups is 1. The van der Waals surface area contributed by atoms with Crippen LogP contribution < -0.4 is 11.1 Å². The fourth-order valence-corrected chi connectivity index (χ4v) is 2.40. The molecule has 1 aromatic carbocycles. The standard InChI is InChI=1S/C11H9N3OS/c12-11-10(13-5-16-11)6-1-2-8-7(3-6)4-9(15)14-8/h1-3,5H,4,12H2,(H,14,15). The number of nitrogens with two attached hydrogens (primary N) is 1. The summed E-state index contributed by atoms with van der Waals surface area (Å²) in [6, 6.07) is 5.79. The number of nitrogens with one attached hydrogen (secondary N) is 1. The summed E-state index contributed by atoms with van der Waals surface area (Å²) >= 11 is 1.42. The van der Waals surface area contributed by atoms with E-state index in [2.05, 4.69) is 10.3 Å². The lowest BCUT2D eigenvalue weighted by molar-refractivity contribution is -0.115. The smallest absolute Gasteiger partial charge is 0.228 e. The molecule has 1 aromatic heterocycles. The van der Waals surface area contributed by atoms with Crippen LogP contribution in [0.25, 0.3) is 11.3 Å². The maximum Gasteiger partial charge on any atom is 0.228 e. The number of benzene rings is 1. The number of aromatic nitrogens is 1. The fraction of sp³-hybridized carbons (Fsp3) is 0.0909. The number of anilines is 2. The Labute approximate surface area is 96.1 Å². The van der Waals surface area contributed by atoms with Crippen molar-refractivity contribution < 1.29 is 4.79 Å². The van der Waals surface area contributed by atoms with E-state index in [4.69, 9.17) is 5.73 Å². The van der Waals surface area contributed by atoms with E-state index in [0.29, 0.717) is 11.4 Å². The Kier molecular flexibility index (Phi) is 1.94. The lowest BCUT2D eigenvalue weighted by Gasteiger charge is -2.02. The van der Waals surface area contributed by atoms with Crippen LogP contribution in [0.4, 0.5) is 10.7 Å². The molecule has 0 bridgehead atoms. The van der Waals surface area contributed by atoms with E-state index in [1.54, 1.807) is 5.51 Å². The Bertz CT molecular complexity index is 576. The zero-order valence-electron chi connectivity index (χ0n) is 8.36. The molecule has 0 radical (unpaired) electrons. The molecule has 2 aromatic rings. The summed E-state index contributed by atoms with van der Waals surface area (Å²) in [5.74, 6) is 0.0402. The highest BCUT2D eigenvalue weighted by Crippen LogP contribution is 2.32. The van der Waals surface area contributed by atoms with Crippen LogP contribution in [0.1, 0.15) is 5.56 Å². The molecule has 16 heavy (non-hydrogen) atoms. The number of amides is 1. The first-order valence-corrected chi connectivity index (χ1v) is 5.74. The zero-order chi connectivity index (χ0) is 11.1. The van der Waals surface area contributed by atoms with Crippen molar-refractivity contribution >= 4 is 27.9 Å². The Morgan fingerprint density at radius 1 is 1.44 bits per heavy atom. The maximum absolute atomic E-state index is 11.2. The van der Waals surface area contributed by atoms with E-state index in [-0.39, 0.29) is 5.91 Å². The fourth-order valence-electron chi connectivity index (χ4n) is 1.85. The van der Waals surface area contributed by atoms with Gasteiger partial charge in [0.2, 0.25) is 5.91 Å².